The van der Waals surface area contributed by atoms with E-state index in [0.29, 0.717) is 23.8 Å². The van der Waals surface area contributed by atoms with Crippen molar-refractivity contribution in [3.05, 3.63) is 16.5 Å². The van der Waals surface area contributed by atoms with E-state index in [1.54, 1.807) is 4.90 Å². The molecule has 0 fully saturated rings. The Balaban J connectivity index is 2.46. The lowest BCUT2D eigenvalue weighted by Crippen LogP contribution is -2.31. The lowest BCUT2D eigenvalue weighted by Gasteiger charge is -2.18. The molecule has 0 aliphatic heterocycles. The van der Waals surface area contributed by atoms with Gasteiger partial charge < -0.3 is 10.2 Å². The number of carbonyl (C=O) groups is 1. The number of hydrogen-bond donors (Lipinski definition) is 1. The van der Waals surface area contributed by atoms with Crippen molar-refractivity contribution >= 4 is 34.9 Å². The fourth-order valence-electron chi connectivity index (χ4n) is 1.49. The molecular formula is C11H16Cl2N4O. The van der Waals surface area contributed by atoms with Crippen LogP contribution in [0.3, 0.4) is 0 Å². The maximum Gasteiger partial charge on any atom is 0.224 e. The Bertz CT molecular complexity index is 410. The van der Waals surface area contributed by atoms with E-state index in [1.165, 1.54) is 6.20 Å². The van der Waals surface area contributed by atoms with Crippen LogP contribution in [-0.4, -0.2) is 40.4 Å². The maximum absolute atomic E-state index is 11.7. The van der Waals surface area contributed by atoms with E-state index >= 15 is 0 Å². The van der Waals surface area contributed by atoms with Crippen LogP contribution in [0.15, 0.2) is 6.20 Å². The van der Waals surface area contributed by atoms with E-state index in [2.05, 4.69) is 15.3 Å². The molecule has 0 atom stereocenters. The van der Waals surface area contributed by atoms with Crippen LogP contribution in [0.4, 0.5) is 5.82 Å². The molecule has 0 saturated carbocycles. The van der Waals surface area contributed by atoms with Crippen molar-refractivity contribution in [2.75, 3.05) is 25.0 Å². The molecular weight excluding hydrogens is 275 g/mol. The van der Waals surface area contributed by atoms with E-state index in [4.69, 9.17) is 23.2 Å². The largest absolute Gasteiger partial charge is 0.368 e. The second-order valence-corrected chi connectivity index (χ2v) is 4.32. The van der Waals surface area contributed by atoms with Crippen LogP contribution in [0.5, 0.6) is 0 Å². The van der Waals surface area contributed by atoms with E-state index in [1.807, 2.05) is 13.8 Å². The van der Waals surface area contributed by atoms with Crippen LogP contribution in [0.2, 0.25) is 10.3 Å². The third-order valence-corrected chi connectivity index (χ3v) is 2.92. The molecule has 0 bridgehead atoms. The van der Waals surface area contributed by atoms with Crippen molar-refractivity contribution in [3.8, 4) is 0 Å². The molecule has 0 saturated heterocycles. The smallest absolute Gasteiger partial charge is 0.224 e. The summed E-state index contributed by atoms with van der Waals surface area (Å²) in [7, 11) is 0. The average Bonchev–Trinajstić information content (AvgIpc) is 2.35. The van der Waals surface area contributed by atoms with Crippen molar-refractivity contribution in [1.29, 1.82) is 0 Å². The van der Waals surface area contributed by atoms with Gasteiger partial charge in [-0.2, -0.15) is 4.98 Å². The highest BCUT2D eigenvalue weighted by atomic mass is 35.5. The number of nitrogens with zero attached hydrogens (tertiary/aromatic N) is 3. The van der Waals surface area contributed by atoms with Gasteiger partial charge in [0.05, 0.1) is 6.20 Å². The second-order valence-electron chi connectivity index (χ2n) is 3.58. The molecule has 1 N–H and O–H groups in total. The Labute approximate surface area is 117 Å². The molecule has 0 aromatic carbocycles. The Morgan fingerprint density at radius 2 is 2.06 bits per heavy atom. The molecule has 0 radical (unpaired) electrons. The standard InChI is InChI=1S/C11H16Cl2N4O/c1-3-17(4-2)9(18)5-6-14-10-8(12)7-15-11(13)16-10/h7H,3-6H2,1-2H3,(H,14,15,16). The van der Waals surface area contributed by atoms with E-state index in [0.717, 1.165) is 13.1 Å². The van der Waals surface area contributed by atoms with Crippen molar-refractivity contribution in [3.63, 3.8) is 0 Å². The fraction of sp³-hybridized carbons (Fsp3) is 0.545. The van der Waals surface area contributed by atoms with Gasteiger partial charge in [0.15, 0.2) is 0 Å². The summed E-state index contributed by atoms with van der Waals surface area (Å²) in [5, 5.41) is 3.48. The summed E-state index contributed by atoms with van der Waals surface area (Å²) in [5.41, 5.74) is 0. The Kier molecular flexibility index (Phi) is 6.15. The molecule has 0 aliphatic rings. The summed E-state index contributed by atoms with van der Waals surface area (Å²) >= 11 is 11.5. The molecule has 1 aromatic heterocycles. The molecule has 1 amide bonds. The van der Waals surface area contributed by atoms with Gasteiger partial charge in [0.2, 0.25) is 11.2 Å². The first kappa shape index (κ1) is 15.0. The molecule has 0 aliphatic carbocycles. The van der Waals surface area contributed by atoms with Gasteiger partial charge in [-0.3, -0.25) is 4.79 Å². The quantitative estimate of drug-likeness (QED) is 0.818. The Morgan fingerprint density at radius 3 is 2.67 bits per heavy atom. The van der Waals surface area contributed by atoms with Crippen LogP contribution in [0.25, 0.3) is 0 Å². The summed E-state index contributed by atoms with van der Waals surface area (Å²) < 4.78 is 0. The summed E-state index contributed by atoms with van der Waals surface area (Å²) in [4.78, 5) is 21.2. The first-order chi connectivity index (χ1) is 8.58. The number of amides is 1. The van der Waals surface area contributed by atoms with Gasteiger partial charge in [-0.05, 0) is 25.4 Å². The van der Waals surface area contributed by atoms with Crippen molar-refractivity contribution in [2.45, 2.75) is 20.3 Å². The molecule has 7 heteroatoms. The Morgan fingerprint density at radius 1 is 1.39 bits per heavy atom. The number of anilines is 1. The van der Waals surface area contributed by atoms with Gasteiger partial charge in [-0.25, -0.2) is 4.98 Å². The monoisotopic (exact) mass is 290 g/mol. The highest BCUT2D eigenvalue weighted by Crippen LogP contribution is 2.19. The maximum atomic E-state index is 11.7. The van der Waals surface area contributed by atoms with E-state index in [-0.39, 0.29) is 11.2 Å². The molecule has 5 nitrogen and oxygen atoms in total. The fourth-order valence-corrected chi connectivity index (χ4v) is 1.78. The molecule has 1 rings (SSSR count). The van der Waals surface area contributed by atoms with Gasteiger partial charge in [0.25, 0.3) is 0 Å². The molecule has 1 heterocycles. The van der Waals surface area contributed by atoms with Gasteiger partial charge in [0.1, 0.15) is 10.8 Å². The minimum Gasteiger partial charge on any atom is -0.368 e. The first-order valence-electron chi connectivity index (χ1n) is 5.78. The topological polar surface area (TPSA) is 58.1 Å². The zero-order valence-electron chi connectivity index (χ0n) is 10.4. The predicted octanol–water partition coefficient (Wildman–Crippen LogP) is 2.45. The van der Waals surface area contributed by atoms with Gasteiger partial charge in [0, 0.05) is 26.1 Å². The third kappa shape index (κ3) is 4.31. The lowest BCUT2D eigenvalue weighted by atomic mass is 10.3. The minimum absolute atomic E-state index is 0.101. The summed E-state index contributed by atoms with van der Waals surface area (Å²) in [6, 6.07) is 0. The number of aromatic nitrogens is 2. The lowest BCUT2D eigenvalue weighted by molar-refractivity contribution is -0.130. The number of carbonyl (C=O) groups excluding carboxylic acids is 1. The second kappa shape index (κ2) is 7.38. The molecule has 0 spiro atoms. The minimum atomic E-state index is 0.101. The normalized spacial score (nSPS) is 10.2. The van der Waals surface area contributed by atoms with Crippen molar-refractivity contribution < 1.29 is 4.79 Å². The van der Waals surface area contributed by atoms with E-state index in [9.17, 15) is 4.79 Å². The number of halogens is 2. The zero-order chi connectivity index (χ0) is 13.5. The average molecular weight is 291 g/mol. The van der Waals surface area contributed by atoms with Crippen LogP contribution in [0.1, 0.15) is 20.3 Å². The van der Waals surface area contributed by atoms with Crippen LogP contribution in [0, 0.1) is 0 Å². The summed E-state index contributed by atoms with van der Waals surface area (Å²) in [6.07, 6.45) is 1.81. The van der Waals surface area contributed by atoms with Crippen LogP contribution in [-0.2, 0) is 4.79 Å². The summed E-state index contributed by atoms with van der Waals surface area (Å²) in [5.74, 6) is 0.549. The van der Waals surface area contributed by atoms with Gasteiger partial charge in [-0.1, -0.05) is 11.6 Å². The van der Waals surface area contributed by atoms with Gasteiger partial charge in [-0.15, -0.1) is 0 Å². The SMILES string of the molecule is CCN(CC)C(=O)CCNc1nc(Cl)ncc1Cl. The molecule has 100 valence electrons. The number of rotatable bonds is 6. The van der Waals surface area contributed by atoms with Crippen LogP contribution >= 0.6 is 23.2 Å². The Hall–Kier alpha value is -1.07. The highest BCUT2D eigenvalue weighted by molar-refractivity contribution is 6.33. The summed E-state index contributed by atoms with van der Waals surface area (Å²) in [6.45, 7) is 5.80. The first-order valence-corrected chi connectivity index (χ1v) is 6.53. The molecule has 1 aromatic rings. The third-order valence-electron chi connectivity index (χ3n) is 2.46. The zero-order valence-corrected chi connectivity index (χ0v) is 11.9. The van der Waals surface area contributed by atoms with Crippen molar-refractivity contribution in [2.24, 2.45) is 0 Å². The highest BCUT2D eigenvalue weighted by Gasteiger charge is 2.09. The molecule has 0 unspecified atom stereocenters. The van der Waals surface area contributed by atoms with Crippen LogP contribution < -0.4 is 5.32 Å². The van der Waals surface area contributed by atoms with Gasteiger partial charge >= 0.3 is 0 Å². The predicted molar refractivity (Wildman–Crippen MR) is 73.1 cm³/mol. The van der Waals surface area contributed by atoms with E-state index < -0.39 is 0 Å². The number of nitrogens with one attached hydrogen (secondary N) is 1. The molecule has 18 heavy (non-hydrogen) atoms. The number of hydrogen-bond acceptors (Lipinski definition) is 4. The van der Waals surface area contributed by atoms with Crippen molar-refractivity contribution in [1.82, 2.24) is 14.9 Å².